The molecule has 10 heteroatoms. The van der Waals surface area contributed by atoms with Gasteiger partial charge in [-0.3, -0.25) is 4.79 Å². The summed E-state index contributed by atoms with van der Waals surface area (Å²) in [5.41, 5.74) is 0. The van der Waals surface area contributed by atoms with Crippen LogP contribution >= 0.6 is 11.3 Å². The number of hydrogen-bond donors (Lipinski definition) is 0. The highest BCUT2D eigenvalue weighted by molar-refractivity contribution is 7.91. The first kappa shape index (κ1) is 18.4. The van der Waals surface area contributed by atoms with Crippen molar-refractivity contribution < 1.29 is 21.6 Å². The molecule has 7 nitrogen and oxygen atoms in total. The topological polar surface area (TPSA) is 91.8 Å². The third kappa shape index (κ3) is 4.11. The molecule has 1 aliphatic heterocycles. The average Bonchev–Trinajstić information content (AvgIpc) is 3.09. The molecule has 0 aromatic carbocycles. The van der Waals surface area contributed by atoms with Crippen molar-refractivity contribution in [3.8, 4) is 0 Å². The fourth-order valence-electron chi connectivity index (χ4n) is 2.59. The largest absolute Gasteiger partial charge is 0.338 e. The normalized spacial score (nSPS) is 20.7. The Kier molecular flexibility index (Phi) is 5.49. The van der Waals surface area contributed by atoms with E-state index in [2.05, 4.69) is 0 Å². The Bertz CT molecular complexity index is 756. The minimum atomic E-state index is -3.69. The molecule has 2 rings (SSSR count). The van der Waals surface area contributed by atoms with E-state index in [1.54, 1.807) is 18.4 Å². The molecule has 23 heavy (non-hydrogen) atoms. The summed E-state index contributed by atoms with van der Waals surface area (Å²) in [7, 11) is -5.44. The summed E-state index contributed by atoms with van der Waals surface area (Å²) < 4.78 is 49.0. The molecule has 2 heterocycles. The zero-order chi connectivity index (χ0) is 17.3. The molecule has 1 aliphatic rings. The molecule has 1 unspecified atom stereocenters. The van der Waals surface area contributed by atoms with Gasteiger partial charge in [-0.1, -0.05) is 6.07 Å². The molecule has 1 saturated heterocycles. The molecular weight excluding hydrogens is 360 g/mol. The molecule has 0 saturated carbocycles. The van der Waals surface area contributed by atoms with Crippen LogP contribution in [0.15, 0.2) is 21.7 Å². The lowest BCUT2D eigenvalue weighted by Crippen LogP contribution is -2.46. The van der Waals surface area contributed by atoms with Gasteiger partial charge in [-0.25, -0.2) is 16.8 Å². The van der Waals surface area contributed by atoms with E-state index in [-0.39, 0.29) is 34.2 Å². The fourth-order valence-corrected chi connectivity index (χ4v) is 6.64. The molecule has 1 fully saturated rings. The van der Waals surface area contributed by atoms with Crippen LogP contribution in [0.4, 0.5) is 0 Å². The van der Waals surface area contributed by atoms with Crippen molar-refractivity contribution in [1.82, 2.24) is 9.21 Å². The number of rotatable bonds is 6. The molecule has 1 amide bonds. The van der Waals surface area contributed by atoms with Crippen LogP contribution in [0.3, 0.4) is 0 Å². The van der Waals surface area contributed by atoms with Crippen LogP contribution in [-0.2, 0) is 24.7 Å². The van der Waals surface area contributed by atoms with E-state index >= 15 is 0 Å². The number of nitrogens with zero attached hydrogens (tertiary/aromatic N) is 2. The Hall–Kier alpha value is -0.970. The van der Waals surface area contributed by atoms with E-state index in [9.17, 15) is 21.6 Å². The van der Waals surface area contributed by atoms with Gasteiger partial charge in [0.25, 0.3) is 10.0 Å². The van der Waals surface area contributed by atoms with Gasteiger partial charge in [-0.15, -0.1) is 11.3 Å². The highest BCUT2D eigenvalue weighted by Crippen LogP contribution is 2.21. The van der Waals surface area contributed by atoms with Crippen molar-refractivity contribution in [3.63, 3.8) is 0 Å². The number of sulfonamides is 1. The van der Waals surface area contributed by atoms with Crippen LogP contribution in [0.25, 0.3) is 0 Å². The molecule has 0 radical (unpaired) electrons. The van der Waals surface area contributed by atoms with Crippen LogP contribution < -0.4 is 0 Å². The standard InChI is InChI=1S/C13H20N2O5S3/c1-3-15(11-6-8-22(17,18)10-11)12(16)9-14(2)23(19,20)13-5-4-7-21-13/h4-5,7,11H,3,6,8-10H2,1-2H3. The Morgan fingerprint density at radius 3 is 2.61 bits per heavy atom. The van der Waals surface area contributed by atoms with Crippen molar-refractivity contribution in [3.05, 3.63) is 17.5 Å². The van der Waals surface area contributed by atoms with Crippen LogP contribution in [0.2, 0.25) is 0 Å². The van der Waals surface area contributed by atoms with Gasteiger partial charge in [0.15, 0.2) is 9.84 Å². The smallest absolute Gasteiger partial charge is 0.252 e. The molecular formula is C13H20N2O5S3. The van der Waals surface area contributed by atoms with Gasteiger partial charge < -0.3 is 4.90 Å². The van der Waals surface area contributed by atoms with Gasteiger partial charge in [0, 0.05) is 19.6 Å². The van der Waals surface area contributed by atoms with Crippen LogP contribution in [-0.4, -0.2) is 69.6 Å². The zero-order valence-corrected chi connectivity index (χ0v) is 15.5. The molecule has 0 aliphatic carbocycles. The second-order valence-electron chi connectivity index (χ2n) is 5.43. The predicted molar refractivity (Wildman–Crippen MR) is 88.6 cm³/mol. The van der Waals surface area contributed by atoms with Gasteiger partial charge in [0.05, 0.1) is 18.1 Å². The summed E-state index contributed by atoms with van der Waals surface area (Å²) in [5.74, 6) is -0.351. The molecule has 0 spiro atoms. The first-order valence-electron chi connectivity index (χ1n) is 7.17. The maximum atomic E-state index is 12.4. The minimum absolute atomic E-state index is 0.0476. The quantitative estimate of drug-likeness (QED) is 0.712. The highest BCUT2D eigenvalue weighted by atomic mass is 32.2. The molecule has 1 atom stereocenters. The third-order valence-electron chi connectivity index (χ3n) is 3.83. The second kappa shape index (κ2) is 6.88. The number of likely N-dealkylation sites (N-methyl/N-ethyl adjacent to an activating group) is 2. The monoisotopic (exact) mass is 380 g/mol. The number of amides is 1. The lowest BCUT2D eigenvalue weighted by molar-refractivity contribution is -0.132. The van der Waals surface area contributed by atoms with Gasteiger partial charge in [0.2, 0.25) is 5.91 Å². The van der Waals surface area contributed by atoms with Crippen molar-refractivity contribution >= 4 is 37.1 Å². The Morgan fingerprint density at radius 2 is 2.13 bits per heavy atom. The number of carbonyl (C=O) groups is 1. The van der Waals surface area contributed by atoms with E-state index in [0.29, 0.717) is 13.0 Å². The molecule has 0 N–H and O–H groups in total. The summed E-state index contributed by atoms with van der Waals surface area (Å²) in [6, 6.07) is 2.76. The van der Waals surface area contributed by atoms with Crippen molar-refractivity contribution in [2.45, 2.75) is 23.6 Å². The molecule has 130 valence electrons. The lowest BCUT2D eigenvalue weighted by atomic mass is 10.2. The summed E-state index contributed by atoms with van der Waals surface area (Å²) in [6.07, 6.45) is 0.406. The van der Waals surface area contributed by atoms with E-state index < -0.39 is 19.9 Å². The maximum absolute atomic E-state index is 12.4. The lowest BCUT2D eigenvalue weighted by Gasteiger charge is -2.28. The summed E-state index contributed by atoms with van der Waals surface area (Å²) >= 11 is 1.09. The predicted octanol–water partition coefficient (Wildman–Crippen LogP) is 0.404. The minimum Gasteiger partial charge on any atom is -0.338 e. The highest BCUT2D eigenvalue weighted by Gasteiger charge is 2.35. The van der Waals surface area contributed by atoms with Gasteiger partial charge in [-0.2, -0.15) is 4.31 Å². The summed E-state index contributed by atoms with van der Waals surface area (Å²) in [4.78, 5) is 13.9. The van der Waals surface area contributed by atoms with Crippen molar-refractivity contribution in [2.75, 3.05) is 31.6 Å². The van der Waals surface area contributed by atoms with E-state index in [4.69, 9.17) is 0 Å². The SMILES string of the molecule is CCN(C(=O)CN(C)S(=O)(=O)c1cccs1)C1CCS(=O)(=O)C1. The van der Waals surface area contributed by atoms with Gasteiger partial charge >= 0.3 is 0 Å². The van der Waals surface area contributed by atoms with Crippen LogP contribution in [0, 0.1) is 0 Å². The second-order valence-corrected chi connectivity index (χ2v) is 10.9. The van der Waals surface area contributed by atoms with Crippen LogP contribution in [0.5, 0.6) is 0 Å². The van der Waals surface area contributed by atoms with Crippen LogP contribution in [0.1, 0.15) is 13.3 Å². The van der Waals surface area contributed by atoms with Gasteiger partial charge in [0.1, 0.15) is 4.21 Å². The average molecular weight is 381 g/mol. The van der Waals surface area contributed by atoms with Gasteiger partial charge in [-0.05, 0) is 24.8 Å². The van der Waals surface area contributed by atoms with E-state index in [1.807, 2.05) is 0 Å². The summed E-state index contributed by atoms with van der Waals surface area (Å²) in [6.45, 7) is 1.81. The van der Waals surface area contributed by atoms with E-state index in [1.165, 1.54) is 18.0 Å². The Morgan fingerprint density at radius 1 is 1.43 bits per heavy atom. The number of sulfone groups is 1. The molecule has 1 aromatic heterocycles. The number of hydrogen-bond acceptors (Lipinski definition) is 6. The van der Waals surface area contributed by atoms with Crippen molar-refractivity contribution in [1.29, 1.82) is 0 Å². The Labute approximate surface area is 140 Å². The fraction of sp³-hybridized carbons (Fsp3) is 0.615. The maximum Gasteiger partial charge on any atom is 0.252 e. The van der Waals surface area contributed by atoms with E-state index in [0.717, 1.165) is 15.6 Å². The third-order valence-corrected chi connectivity index (χ3v) is 8.75. The first-order valence-corrected chi connectivity index (χ1v) is 11.3. The molecule has 0 bridgehead atoms. The zero-order valence-electron chi connectivity index (χ0n) is 13.0. The number of thiophene rings is 1. The molecule has 1 aromatic rings. The Balaban J connectivity index is 2.08. The number of carbonyl (C=O) groups excluding carboxylic acids is 1. The van der Waals surface area contributed by atoms with Crippen molar-refractivity contribution in [2.24, 2.45) is 0 Å². The summed E-state index contributed by atoms with van der Waals surface area (Å²) in [5, 5.41) is 1.66. The first-order chi connectivity index (χ1) is 10.7.